The first-order valence-corrected chi connectivity index (χ1v) is 6.72. The van der Waals surface area contributed by atoms with Crippen LogP contribution in [-0.4, -0.2) is 43.8 Å². The summed E-state index contributed by atoms with van der Waals surface area (Å²) in [5, 5.41) is 7.98. The molecule has 0 aliphatic carbocycles. The fourth-order valence-corrected chi connectivity index (χ4v) is 2.53. The minimum absolute atomic E-state index is 0.0356. The summed E-state index contributed by atoms with van der Waals surface area (Å²) >= 11 is 0. The lowest BCUT2D eigenvalue weighted by molar-refractivity contribution is 0.0689. The highest BCUT2D eigenvalue weighted by Gasteiger charge is 2.29. The highest BCUT2D eigenvalue weighted by Crippen LogP contribution is 2.26. The van der Waals surface area contributed by atoms with Gasteiger partial charge in [-0.25, -0.2) is 0 Å². The second kappa shape index (κ2) is 5.07. The van der Waals surface area contributed by atoms with Crippen molar-refractivity contribution in [3.05, 3.63) is 29.7 Å². The van der Waals surface area contributed by atoms with Gasteiger partial charge in [-0.3, -0.25) is 9.48 Å². The average molecular weight is 275 g/mol. The molecular formula is C13H17N5O2. The second-order valence-electron chi connectivity index (χ2n) is 5.14. The topological polar surface area (TPSA) is 77.0 Å². The molecule has 7 heteroatoms. The number of nitrogens with zero attached hydrogens (tertiary/aromatic N) is 5. The van der Waals surface area contributed by atoms with Crippen LogP contribution in [0.15, 0.2) is 16.8 Å². The van der Waals surface area contributed by atoms with Crippen LogP contribution in [0.2, 0.25) is 0 Å². The molecule has 0 aromatic carbocycles. The van der Waals surface area contributed by atoms with Crippen molar-refractivity contribution in [1.29, 1.82) is 0 Å². The van der Waals surface area contributed by atoms with E-state index in [1.165, 1.54) is 0 Å². The largest absolute Gasteiger partial charge is 0.339 e. The van der Waals surface area contributed by atoms with Gasteiger partial charge in [0.1, 0.15) is 5.69 Å². The van der Waals surface area contributed by atoms with Crippen LogP contribution in [0.4, 0.5) is 0 Å². The predicted octanol–water partition coefficient (Wildman–Crippen LogP) is 1.13. The number of hydrogen-bond donors (Lipinski definition) is 0. The smallest absolute Gasteiger partial charge is 0.274 e. The number of aryl methyl sites for hydroxylation is 2. The molecule has 0 bridgehead atoms. The van der Waals surface area contributed by atoms with Crippen LogP contribution < -0.4 is 0 Å². The van der Waals surface area contributed by atoms with Crippen LogP contribution in [0, 0.1) is 6.92 Å². The molecule has 3 rings (SSSR count). The van der Waals surface area contributed by atoms with Gasteiger partial charge in [0.05, 0.1) is 5.92 Å². The summed E-state index contributed by atoms with van der Waals surface area (Å²) in [6.45, 7) is 3.16. The first-order valence-electron chi connectivity index (χ1n) is 6.72. The Balaban J connectivity index is 1.73. The van der Waals surface area contributed by atoms with E-state index >= 15 is 0 Å². The number of carbonyl (C=O) groups excluding carboxylic acids is 1. The molecule has 1 fully saturated rings. The molecule has 0 spiro atoms. The number of likely N-dealkylation sites (tertiary alicyclic amines) is 1. The lowest BCUT2D eigenvalue weighted by Crippen LogP contribution is -2.39. The molecule has 1 saturated heterocycles. The van der Waals surface area contributed by atoms with Crippen molar-refractivity contribution < 1.29 is 9.32 Å². The van der Waals surface area contributed by atoms with Gasteiger partial charge in [-0.2, -0.15) is 10.1 Å². The number of carbonyl (C=O) groups is 1. The van der Waals surface area contributed by atoms with Crippen molar-refractivity contribution in [3.8, 4) is 0 Å². The first-order chi connectivity index (χ1) is 9.63. The van der Waals surface area contributed by atoms with Gasteiger partial charge in [0.2, 0.25) is 5.89 Å². The molecule has 0 radical (unpaired) electrons. The molecule has 20 heavy (non-hydrogen) atoms. The molecule has 0 saturated carbocycles. The molecule has 2 aromatic rings. The van der Waals surface area contributed by atoms with Crippen LogP contribution in [0.1, 0.15) is 41.0 Å². The number of hydrogen-bond acceptors (Lipinski definition) is 5. The number of rotatable bonds is 2. The normalized spacial score (nSPS) is 19.3. The van der Waals surface area contributed by atoms with Crippen molar-refractivity contribution >= 4 is 5.91 Å². The molecule has 1 amide bonds. The molecular weight excluding hydrogens is 258 g/mol. The standard InChI is InChI=1S/C13H17N5O2/c1-9-14-12(20-16-9)10-4-3-6-18(8-10)13(19)11-5-7-17(2)15-11/h5,7,10H,3-4,6,8H2,1-2H3/t10-/m1/s1. The molecule has 1 aliphatic heterocycles. The minimum Gasteiger partial charge on any atom is -0.339 e. The van der Waals surface area contributed by atoms with Crippen LogP contribution in [-0.2, 0) is 7.05 Å². The maximum atomic E-state index is 12.4. The molecule has 7 nitrogen and oxygen atoms in total. The summed E-state index contributed by atoms with van der Waals surface area (Å²) < 4.78 is 6.86. The van der Waals surface area contributed by atoms with Gasteiger partial charge in [-0.05, 0) is 25.8 Å². The fraction of sp³-hybridized carbons (Fsp3) is 0.538. The van der Waals surface area contributed by atoms with Crippen molar-refractivity contribution in [2.75, 3.05) is 13.1 Å². The van der Waals surface area contributed by atoms with Gasteiger partial charge in [-0.1, -0.05) is 5.16 Å². The zero-order valence-corrected chi connectivity index (χ0v) is 11.6. The Kier molecular flexibility index (Phi) is 3.25. The van der Waals surface area contributed by atoms with E-state index in [9.17, 15) is 4.79 Å². The quantitative estimate of drug-likeness (QED) is 0.821. The molecule has 0 N–H and O–H groups in total. The summed E-state index contributed by atoms with van der Waals surface area (Å²) in [6, 6.07) is 1.74. The van der Waals surface area contributed by atoms with E-state index in [2.05, 4.69) is 15.2 Å². The first kappa shape index (κ1) is 12.8. The van der Waals surface area contributed by atoms with E-state index < -0.39 is 0 Å². The molecule has 106 valence electrons. The molecule has 1 aliphatic rings. The Morgan fingerprint density at radius 2 is 2.35 bits per heavy atom. The average Bonchev–Trinajstić information content (AvgIpc) is 3.07. The Bertz CT molecular complexity index is 618. The van der Waals surface area contributed by atoms with Crippen LogP contribution in [0.5, 0.6) is 0 Å². The molecule has 3 heterocycles. The minimum atomic E-state index is -0.0356. The summed E-state index contributed by atoms with van der Waals surface area (Å²) in [5.41, 5.74) is 0.481. The Labute approximate surface area is 116 Å². The fourth-order valence-electron chi connectivity index (χ4n) is 2.53. The van der Waals surface area contributed by atoms with Crippen LogP contribution in [0.25, 0.3) is 0 Å². The van der Waals surface area contributed by atoms with Crippen LogP contribution in [0.3, 0.4) is 0 Å². The monoisotopic (exact) mass is 275 g/mol. The van der Waals surface area contributed by atoms with E-state index in [0.29, 0.717) is 24.0 Å². The van der Waals surface area contributed by atoms with Gasteiger partial charge in [-0.15, -0.1) is 0 Å². The van der Waals surface area contributed by atoms with E-state index in [1.54, 1.807) is 30.9 Å². The molecule has 0 unspecified atom stereocenters. The van der Waals surface area contributed by atoms with E-state index in [-0.39, 0.29) is 11.8 Å². The van der Waals surface area contributed by atoms with Crippen LogP contribution >= 0.6 is 0 Å². The number of aromatic nitrogens is 4. The lowest BCUT2D eigenvalue weighted by atomic mass is 9.97. The summed E-state index contributed by atoms with van der Waals surface area (Å²) in [7, 11) is 1.80. The van der Waals surface area contributed by atoms with Gasteiger partial charge in [0.15, 0.2) is 5.82 Å². The molecule has 1 atom stereocenters. The lowest BCUT2D eigenvalue weighted by Gasteiger charge is -2.30. The Morgan fingerprint density at radius 3 is 3.00 bits per heavy atom. The van der Waals surface area contributed by atoms with Crippen molar-refractivity contribution in [2.24, 2.45) is 7.05 Å². The zero-order chi connectivity index (χ0) is 14.1. The van der Waals surface area contributed by atoms with Gasteiger partial charge < -0.3 is 9.42 Å². The van der Waals surface area contributed by atoms with Crippen molar-refractivity contribution in [3.63, 3.8) is 0 Å². The van der Waals surface area contributed by atoms with Crippen molar-refractivity contribution in [2.45, 2.75) is 25.7 Å². The van der Waals surface area contributed by atoms with Gasteiger partial charge in [0.25, 0.3) is 5.91 Å². The predicted molar refractivity (Wildman–Crippen MR) is 70.1 cm³/mol. The zero-order valence-electron chi connectivity index (χ0n) is 11.6. The number of amides is 1. The summed E-state index contributed by atoms with van der Waals surface area (Å²) in [5.74, 6) is 1.35. The maximum absolute atomic E-state index is 12.4. The third-order valence-electron chi connectivity index (χ3n) is 3.53. The van der Waals surface area contributed by atoms with Crippen molar-refractivity contribution in [1.82, 2.24) is 24.8 Å². The SMILES string of the molecule is Cc1noc([C@@H]2CCCN(C(=O)c3ccn(C)n3)C2)n1. The Hall–Kier alpha value is -2.18. The summed E-state index contributed by atoms with van der Waals surface area (Å²) in [4.78, 5) is 18.5. The van der Waals surface area contributed by atoms with Gasteiger partial charge in [0, 0.05) is 26.3 Å². The second-order valence-corrected chi connectivity index (χ2v) is 5.14. The number of piperidine rings is 1. The van der Waals surface area contributed by atoms with E-state index in [4.69, 9.17) is 4.52 Å². The highest BCUT2D eigenvalue weighted by atomic mass is 16.5. The molecule has 2 aromatic heterocycles. The maximum Gasteiger partial charge on any atom is 0.274 e. The Morgan fingerprint density at radius 1 is 1.50 bits per heavy atom. The third-order valence-corrected chi connectivity index (χ3v) is 3.53. The summed E-state index contributed by atoms with van der Waals surface area (Å²) in [6.07, 6.45) is 3.67. The third kappa shape index (κ3) is 2.43. The van der Waals surface area contributed by atoms with E-state index in [0.717, 1.165) is 19.4 Å². The highest BCUT2D eigenvalue weighted by molar-refractivity contribution is 5.92. The van der Waals surface area contributed by atoms with E-state index in [1.807, 2.05) is 4.90 Å². The van der Waals surface area contributed by atoms with Gasteiger partial charge >= 0.3 is 0 Å².